The monoisotopic (exact) mass is 488 g/mol. The minimum absolute atomic E-state index is 0.0677. The number of halogens is 5. The van der Waals surface area contributed by atoms with Gasteiger partial charge in [0.25, 0.3) is 5.91 Å². The van der Waals surface area contributed by atoms with E-state index in [1.807, 2.05) is 0 Å². The number of carbonyl (C=O) groups excluding carboxylic acids is 1. The molecule has 1 aliphatic heterocycles. The predicted octanol–water partition coefficient (Wildman–Crippen LogP) is 4.87. The van der Waals surface area contributed by atoms with Crippen molar-refractivity contribution in [3.63, 3.8) is 0 Å². The number of hydrogen-bond donors (Lipinski definition) is 2. The Balaban J connectivity index is 1.86. The zero-order valence-corrected chi connectivity index (χ0v) is 17.0. The number of benzene rings is 2. The Labute approximate surface area is 177 Å². The van der Waals surface area contributed by atoms with Crippen LogP contribution < -0.4 is 5.32 Å². The molecule has 0 bridgehead atoms. The smallest absolute Gasteiger partial charge is 0.416 e. The number of rotatable bonds is 3. The van der Waals surface area contributed by atoms with Gasteiger partial charge in [-0.25, -0.2) is 9.18 Å². The van der Waals surface area contributed by atoms with Gasteiger partial charge in [-0.1, -0.05) is 28.1 Å². The third-order valence-electron chi connectivity index (χ3n) is 4.99. The molecule has 0 radical (unpaired) electrons. The van der Waals surface area contributed by atoms with Crippen LogP contribution in [0.15, 0.2) is 46.9 Å². The van der Waals surface area contributed by atoms with Crippen LogP contribution in [-0.4, -0.2) is 41.1 Å². The van der Waals surface area contributed by atoms with E-state index in [0.29, 0.717) is 5.56 Å². The number of likely N-dealkylation sites (tertiary alicyclic amines) is 1. The van der Waals surface area contributed by atoms with E-state index in [1.54, 1.807) is 0 Å². The quantitative estimate of drug-likeness (QED) is 0.605. The van der Waals surface area contributed by atoms with Gasteiger partial charge in [-0.15, -0.1) is 0 Å². The molecule has 2 N–H and O–H groups in total. The highest BCUT2D eigenvalue weighted by Gasteiger charge is 2.35. The third-order valence-corrected chi connectivity index (χ3v) is 5.44. The summed E-state index contributed by atoms with van der Waals surface area (Å²) in [5.74, 6) is -1.64. The van der Waals surface area contributed by atoms with Crippen LogP contribution in [0.5, 0.6) is 0 Å². The predicted molar refractivity (Wildman–Crippen MR) is 104 cm³/mol. The first-order chi connectivity index (χ1) is 14.0. The topological polar surface area (TPSA) is 69.6 Å². The van der Waals surface area contributed by atoms with Crippen molar-refractivity contribution >= 4 is 27.9 Å². The van der Waals surface area contributed by atoms with Crippen LogP contribution in [-0.2, 0) is 6.18 Å². The van der Waals surface area contributed by atoms with Crippen LogP contribution in [0.25, 0.3) is 0 Å². The minimum atomic E-state index is -4.61. The Bertz CT molecular complexity index is 950. The lowest BCUT2D eigenvalue weighted by atomic mass is 9.86. The molecule has 160 valence electrons. The van der Waals surface area contributed by atoms with Crippen molar-refractivity contribution < 1.29 is 32.3 Å². The summed E-state index contributed by atoms with van der Waals surface area (Å²) >= 11 is 2.99. The number of nitrogens with one attached hydrogen (secondary N) is 1. The maximum absolute atomic E-state index is 13.3. The molecule has 2 amide bonds. The molecule has 1 aliphatic rings. The molecular weight excluding hydrogens is 472 g/mol. The Hall–Kier alpha value is -2.62. The SMILES string of the molecule is O=C(NC1CCN(C(=O)O)CC1c1ccc(F)cc1)c1cc(Br)cc(C(F)(F)F)c1. The summed E-state index contributed by atoms with van der Waals surface area (Å²) in [6.07, 6.45) is -5.46. The second kappa shape index (κ2) is 8.63. The van der Waals surface area contributed by atoms with Gasteiger partial charge in [0.1, 0.15) is 5.82 Å². The molecule has 0 aromatic heterocycles. The number of hydrogen-bond acceptors (Lipinski definition) is 2. The Morgan fingerprint density at radius 2 is 1.80 bits per heavy atom. The third kappa shape index (κ3) is 5.10. The average Bonchev–Trinajstić information content (AvgIpc) is 2.67. The Morgan fingerprint density at radius 1 is 1.13 bits per heavy atom. The number of alkyl halides is 3. The molecule has 3 rings (SSSR count). The van der Waals surface area contributed by atoms with Crippen molar-refractivity contribution in [1.29, 1.82) is 0 Å². The van der Waals surface area contributed by atoms with Crippen LogP contribution >= 0.6 is 15.9 Å². The van der Waals surface area contributed by atoms with Gasteiger partial charge in [0.15, 0.2) is 0 Å². The van der Waals surface area contributed by atoms with E-state index >= 15 is 0 Å². The maximum Gasteiger partial charge on any atom is 0.416 e. The zero-order chi connectivity index (χ0) is 22.1. The molecule has 1 saturated heterocycles. The van der Waals surface area contributed by atoms with Gasteiger partial charge >= 0.3 is 12.3 Å². The van der Waals surface area contributed by atoms with E-state index < -0.39 is 41.5 Å². The molecular formula is C20H17BrF4N2O3. The highest BCUT2D eigenvalue weighted by atomic mass is 79.9. The van der Waals surface area contributed by atoms with Crippen molar-refractivity contribution in [2.45, 2.75) is 24.6 Å². The summed E-state index contributed by atoms with van der Waals surface area (Å²) in [5.41, 5.74) is -0.508. The summed E-state index contributed by atoms with van der Waals surface area (Å²) in [7, 11) is 0. The van der Waals surface area contributed by atoms with Gasteiger partial charge < -0.3 is 15.3 Å². The molecule has 5 nitrogen and oxygen atoms in total. The molecule has 2 aromatic rings. The number of carboxylic acid groups (broad SMARTS) is 1. The van der Waals surface area contributed by atoms with Crippen LogP contribution in [0.3, 0.4) is 0 Å². The Kier molecular flexibility index (Phi) is 6.35. The summed E-state index contributed by atoms with van der Waals surface area (Å²) in [6.45, 7) is 0.225. The fourth-order valence-electron chi connectivity index (χ4n) is 3.48. The molecule has 30 heavy (non-hydrogen) atoms. The zero-order valence-electron chi connectivity index (χ0n) is 15.4. The second-order valence-electron chi connectivity index (χ2n) is 6.98. The van der Waals surface area contributed by atoms with Crippen molar-refractivity contribution in [3.8, 4) is 0 Å². The van der Waals surface area contributed by atoms with Crippen LogP contribution in [0.4, 0.5) is 22.4 Å². The molecule has 2 aromatic carbocycles. The number of amides is 2. The second-order valence-corrected chi connectivity index (χ2v) is 7.90. The van der Waals surface area contributed by atoms with Crippen LogP contribution in [0, 0.1) is 5.82 Å². The lowest BCUT2D eigenvalue weighted by Crippen LogP contribution is -2.51. The van der Waals surface area contributed by atoms with Crippen molar-refractivity contribution in [2.24, 2.45) is 0 Å². The van der Waals surface area contributed by atoms with Gasteiger partial charge in [-0.2, -0.15) is 13.2 Å². The molecule has 2 atom stereocenters. The molecule has 10 heteroatoms. The number of nitrogens with zero attached hydrogens (tertiary/aromatic N) is 1. The standard InChI is InChI=1S/C20H17BrF4N2O3/c21-14-8-12(7-13(9-14)20(23,24)25)18(28)26-17-5-6-27(19(29)30)10-16(17)11-1-3-15(22)4-2-11/h1-4,7-9,16-17H,5-6,10H2,(H,26,28)(H,29,30). The first-order valence-corrected chi connectivity index (χ1v) is 9.76. The van der Waals surface area contributed by atoms with Crippen molar-refractivity contribution in [3.05, 3.63) is 69.4 Å². The maximum atomic E-state index is 13.3. The fraction of sp³-hybridized carbons (Fsp3) is 0.300. The summed E-state index contributed by atoms with van der Waals surface area (Å²) in [5, 5.41) is 12.0. The summed E-state index contributed by atoms with van der Waals surface area (Å²) in [6, 6.07) is 7.87. The molecule has 0 aliphatic carbocycles. The first kappa shape index (κ1) is 22.1. The summed E-state index contributed by atoms with van der Waals surface area (Å²) < 4.78 is 52.6. The lowest BCUT2D eigenvalue weighted by Gasteiger charge is -2.38. The van der Waals surface area contributed by atoms with Crippen molar-refractivity contribution in [2.75, 3.05) is 13.1 Å². The van der Waals surface area contributed by atoms with E-state index in [0.717, 1.165) is 12.1 Å². The highest BCUT2D eigenvalue weighted by Crippen LogP contribution is 2.33. The van der Waals surface area contributed by atoms with Gasteiger partial charge in [-0.05, 0) is 42.3 Å². The van der Waals surface area contributed by atoms with E-state index in [-0.39, 0.29) is 29.5 Å². The molecule has 2 unspecified atom stereocenters. The molecule has 1 fully saturated rings. The van der Waals surface area contributed by atoms with E-state index in [9.17, 15) is 32.3 Å². The number of piperidine rings is 1. The normalized spacial score (nSPS) is 19.4. The lowest BCUT2D eigenvalue weighted by molar-refractivity contribution is -0.137. The highest BCUT2D eigenvalue weighted by molar-refractivity contribution is 9.10. The molecule has 0 spiro atoms. The van der Waals surface area contributed by atoms with Crippen LogP contribution in [0.1, 0.15) is 33.8 Å². The van der Waals surface area contributed by atoms with Crippen LogP contribution in [0.2, 0.25) is 0 Å². The van der Waals surface area contributed by atoms with Gasteiger partial charge in [-0.3, -0.25) is 4.79 Å². The van der Waals surface area contributed by atoms with E-state index in [1.165, 1.54) is 35.2 Å². The van der Waals surface area contributed by atoms with Crippen molar-refractivity contribution in [1.82, 2.24) is 10.2 Å². The minimum Gasteiger partial charge on any atom is -0.465 e. The Morgan fingerprint density at radius 3 is 2.40 bits per heavy atom. The fourth-order valence-corrected chi connectivity index (χ4v) is 3.98. The van der Waals surface area contributed by atoms with Gasteiger partial charge in [0.05, 0.1) is 5.56 Å². The van der Waals surface area contributed by atoms with E-state index in [2.05, 4.69) is 21.2 Å². The average molecular weight is 489 g/mol. The molecule has 1 heterocycles. The summed E-state index contributed by atoms with van der Waals surface area (Å²) in [4.78, 5) is 25.3. The molecule has 0 saturated carbocycles. The van der Waals surface area contributed by atoms with Gasteiger partial charge in [0, 0.05) is 35.1 Å². The first-order valence-electron chi connectivity index (χ1n) is 8.96. The largest absolute Gasteiger partial charge is 0.465 e. The number of carbonyl (C=O) groups is 2. The van der Waals surface area contributed by atoms with Gasteiger partial charge in [0.2, 0.25) is 0 Å². The van der Waals surface area contributed by atoms with E-state index in [4.69, 9.17) is 0 Å².